The SMILES string of the molecule is CCCCOc1ccc(C=C(C#N)C(=O)Nc2cccc([N+](=O)[O-])c2)cc1OCC. The Morgan fingerprint density at radius 1 is 1.20 bits per heavy atom. The van der Waals surface area contributed by atoms with Gasteiger partial charge >= 0.3 is 0 Å². The second kappa shape index (κ2) is 11.2. The summed E-state index contributed by atoms with van der Waals surface area (Å²) < 4.78 is 11.3. The molecule has 0 bridgehead atoms. The van der Waals surface area contributed by atoms with Gasteiger partial charge in [0.05, 0.1) is 18.1 Å². The molecule has 8 nitrogen and oxygen atoms in total. The smallest absolute Gasteiger partial charge is 0.271 e. The van der Waals surface area contributed by atoms with Crippen LogP contribution in [0.25, 0.3) is 6.08 Å². The number of carbonyl (C=O) groups excluding carboxylic acids is 1. The Labute approximate surface area is 174 Å². The Balaban J connectivity index is 2.22. The predicted molar refractivity (Wildman–Crippen MR) is 113 cm³/mol. The monoisotopic (exact) mass is 409 g/mol. The van der Waals surface area contributed by atoms with Crippen LogP contribution in [0.1, 0.15) is 32.3 Å². The van der Waals surface area contributed by atoms with Gasteiger partial charge in [-0.2, -0.15) is 5.26 Å². The highest BCUT2D eigenvalue weighted by molar-refractivity contribution is 6.09. The molecule has 0 radical (unpaired) electrons. The fourth-order valence-electron chi connectivity index (χ4n) is 2.54. The Morgan fingerprint density at radius 2 is 2.00 bits per heavy atom. The molecule has 0 saturated carbocycles. The van der Waals surface area contributed by atoms with Crippen LogP contribution in [0, 0.1) is 21.4 Å². The first-order chi connectivity index (χ1) is 14.5. The fourth-order valence-corrected chi connectivity index (χ4v) is 2.54. The molecule has 0 aliphatic heterocycles. The van der Waals surface area contributed by atoms with Crippen molar-refractivity contribution in [1.82, 2.24) is 0 Å². The van der Waals surface area contributed by atoms with Crippen molar-refractivity contribution in [1.29, 1.82) is 5.26 Å². The standard InChI is InChI=1S/C22H23N3O5/c1-3-5-11-30-20-10-9-16(13-21(20)29-4-2)12-17(15-23)22(26)24-18-7-6-8-19(14-18)25(27)28/h6-10,12-14H,3-5,11H2,1-2H3,(H,24,26). The molecule has 30 heavy (non-hydrogen) atoms. The van der Waals surface area contributed by atoms with E-state index in [4.69, 9.17) is 9.47 Å². The number of nitro groups is 1. The van der Waals surface area contributed by atoms with Crippen LogP contribution in [-0.2, 0) is 4.79 Å². The van der Waals surface area contributed by atoms with Gasteiger partial charge in [-0.25, -0.2) is 0 Å². The summed E-state index contributed by atoms with van der Waals surface area (Å²) in [5, 5.41) is 22.8. The van der Waals surface area contributed by atoms with Gasteiger partial charge in [-0.3, -0.25) is 14.9 Å². The lowest BCUT2D eigenvalue weighted by atomic mass is 10.1. The van der Waals surface area contributed by atoms with E-state index in [0.717, 1.165) is 12.8 Å². The number of nitro benzene ring substituents is 1. The summed E-state index contributed by atoms with van der Waals surface area (Å²) >= 11 is 0. The molecule has 0 unspecified atom stereocenters. The Bertz CT molecular complexity index is 979. The third kappa shape index (κ3) is 6.34. The first kappa shape index (κ1) is 22.4. The van der Waals surface area contributed by atoms with Crippen molar-refractivity contribution in [3.63, 3.8) is 0 Å². The second-order valence-electron chi connectivity index (χ2n) is 6.27. The molecular weight excluding hydrogens is 386 g/mol. The van der Waals surface area contributed by atoms with Crippen LogP contribution in [0.4, 0.5) is 11.4 Å². The van der Waals surface area contributed by atoms with Gasteiger partial charge in [0.2, 0.25) is 0 Å². The highest BCUT2D eigenvalue weighted by atomic mass is 16.6. The first-order valence-electron chi connectivity index (χ1n) is 9.55. The van der Waals surface area contributed by atoms with E-state index in [-0.39, 0.29) is 16.9 Å². The molecule has 0 saturated heterocycles. The van der Waals surface area contributed by atoms with Crippen molar-refractivity contribution in [2.24, 2.45) is 0 Å². The Kier molecular flexibility index (Phi) is 8.39. The molecular formula is C22H23N3O5. The average molecular weight is 409 g/mol. The molecule has 0 heterocycles. The number of nitriles is 1. The molecule has 1 N–H and O–H groups in total. The highest BCUT2D eigenvalue weighted by Crippen LogP contribution is 2.29. The topological polar surface area (TPSA) is 114 Å². The normalized spacial score (nSPS) is 10.8. The van der Waals surface area contributed by atoms with Gasteiger partial charge in [0.25, 0.3) is 11.6 Å². The molecule has 2 rings (SSSR count). The van der Waals surface area contributed by atoms with Crippen LogP contribution >= 0.6 is 0 Å². The van der Waals surface area contributed by atoms with Crippen molar-refractivity contribution >= 4 is 23.4 Å². The van der Waals surface area contributed by atoms with E-state index in [9.17, 15) is 20.2 Å². The van der Waals surface area contributed by atoms with E-state index in [1.165, 1.54) is 30.3 Å². The third-order valence-corrected chi connectivity index (χ3v) is 4.01. The molecule has 0 atom stereocenters. The molecule has 0 spiro atoms. The zero-order valence-corrected chi connectivity index (χ0v) is 16.9. The largest absolute Gasteiger partial charge is 0.490 e. The molecule has 8 heteroatoms. The van der Waals surface area contributed by atoms with Gasteiger partial charge < -0.3 is 14.8 Å². The Morgan fingerprint density at radius 3 is 2.67 bits per heavy atom. The van der Waals surface area contributed by atoms with Crippen molar-refractivity contribution in [2.45, 2.75) is 26.7 Å². The van der Waals surface area contributed by atoms with Crippen LogP contribution in [-0.4, -0.2) is 24.0 Å². The highest BCUT2D eigenvalue weighted by Gasteiger charge is 2.13. The van der Waals surface area contributed by atoms with E-state index < -0.39 is 10.8 Å². The van der Waals surface area contributed by atoms with E-state index in [1.807, 2.05) is 13.0 Å². The number of nitrogens with one attached hydrogen (secondary N) is 1. The van der Waals surface area contributed by atoms with Crippen molar-refractivity contribution < 1.29 is 19.2 Å². The minimum absolute atomic E-state index is 0.149. The maximum absolute atomic E-state index is 12.5. The van der Waals surface area contributed by atoms with E-state index >= 15 is 0 Å². The fraction of sp³-hybridized carbons (Fsp3) is 0.273. The number of ether oxygens (including phenoxy) is 2. The van der Waals surface area contributed by atoms with E-state index in [0.29, 0.717) is 30.3 Å². The summed E-state index contributed by atoms with van der Waals surface area (Å²) in [5.74, 6) is 0.458. The minimum Gasteiger partial charge on any atom is -0.490 e. The minimum atomic E-state index is -0.667. The zero-order chi connectivity index (χ0) is 21.9. The summed E-state index contributed by atoms with van der Waals surface area (Å²) in [6, 6.07) is 12.5. The van der Waals surface area contributed by atoms with Crippen molar-refractivity contribution in [3.05, 3.63) is 63.7 Å². The van der Waals surface area contributed by atoms with Gasteiger partial charge in [0.1, 0.15) is 11.6 Å². The van der Waals surface area contributed by atoms with Gasteiger partial charge in [-0.05, 0) is 43.2 Å². The average Bonchev–Trinajstić information content (AvgIpc) is 2.73. The maximum Gasteiger partial charge on any atom is 0.271 e. The number of anilines is 1. The van der Waals surface area contributed by atoms with E-state index in [2.05, 4.69) is 12.2 Å². The van der Waals surface area contributed by atoms with Gasteiger partial charge in [-0.1, -0.05) is 25.5 Å². The van der Waals surface area contributed by atoms with Crippen molar-refractivity contribution in [3.8, 4) is 17.6 Å². The zero-order valence-electron chi connectivity index (χ0n) is 16.9. The number of unbranched alkanes of at least 4 members (excludes halogenated alkanes) is 1. The molecule has 0 aliphatic carbocycles. The first-order valence-corrected chi connectivity index (χ1v) is 9.55. The third-order valence-electron chi connectivity index (χ3n) is 4.01. The molecule has 2 aromatic rings. The summed E-state index contributed by atoms with van der Waals surface area (Å²) in [4.78, 5) is 22.8. The van der Waals surface area contributed by atoms with Crippen LogP contribution in [0.5, 0.6) is 11.5 Å². The quantitative estimate of drug-likeness (QED) is 0.200. The maximum atomic E-state index is 12.5. The lowest BCUT2D eigenvalue weighted by Crippen LogP contribution is -2.13. The van der Waals surface area contributed by atoms with Crippen LogP contribution in [0.15, 0.2) is 48.0 Å². The number of non-ortho nitro benzene ring substituents is 1. The lowest BCUT2D eigenvalue weighted by Gasteiger charge is -2.12. The molecule has 1 amide bonds. The molecule has 2 aromatic carbocycles. The molecule has 156 valence electrons. The summed E-state index contributed by atoms with van der Waals surface area (Å²) in [7, 11) is 0. The van der Waals surface area contributed by atoms with E-state index in [1.54, 1.807) is 18.2 Å². The van der Waals surface area contributed by atoms with Gasteiger partial charge in [-0.15, -0.1) is 0 Å². The van der Waals surface area contributed by atoms with Gasteiger partial charge in [0, 0.05) is 17.8 Å². The lowest BCUT2D eigenvalue weighted by molar-refractivity contribution is -0.384. The molecule has 0 aromatic heterocycles. The second-order valence-corrected chi connectivity index (χ2v) is 6.27. The molecule has 0 fully saturated rings. The van der Waals surface area contributed by atoms with Crippen molar-refractivity contribution in [2.75, 3.05) is 18.5 Å². The number of carbonyl (C=O) groups is 1. The Hall–Kier alpha value is -3.86. The predicted octanol–water partition coefficient (Wildman–Crippen LogP) is 4.72. The number of benzene rings is 2. The summed E-state index contributed by atoms with van der Waals surface area (Å²) in [6.45, 7) is 4.94. The summed E-state index contributed by atoms with van der Waals surface area (Å²) in [6.07, 6.45) is 3.35. The van der Waals surface area contributed by atoms with Crippen LogP contribution in [0.3, 0.4) is 0 Å². The summed E-state index contributed by atoms with van der Waals surface area (Å²) in [5.41, 5.74) is 0.510. The van der Waals surface area contributed by atoms with Crippen LogP contribution < -0.4 is 14.8 Å². The van der Waals surface area contributed by atoms with Gasteiger partial charge in [0.15, 0.2) is 11.5 Å². The number of hydrogen-bond acceptors (Lipinski definition) is 6. The number of hydrogen-bond donors (Lipinski definition) is 1. The van der Waals surface area contributed by atoms with Crippen LogP contribution in [0.2, 0.25) is 0 Å². The number of amides is 1. The number of nitrogens with zero attached hydrogens (tertiary/aromatic N) is 2. The molecule has 0 aliphatic rings. The number of rotatable bonds is 10.